The number of hydrogen-bond acceptors (Lipinski definition) is 7. The predicted octanol–water partition coefficient (Wildman–Crippen LogP) is 5.46. The average Bonchev–Trinajstić information content (AvgIpc) is 3.11. The van der Waals surface area contributed by atoms with Gasteiger partial charge in [-0.05, 0) is 53.4 Å². The van der Waals surface area contributed by atoms with Gasteiger partial charge in [-0.2, -0.15) is 4.98 Å². The third kappa shape index (κ3) is 4.02. The fraction of sp³-hybridized carbons (Fsp3) is 0.300. The second kappa shape index (κ2) is 7.79. The van der Waals surface area contributed by atoms with E-state index in [4.69, 9.17) is 8.94 Å². The van der Waals surface area contributed by atoms with Crippen LogP contribution in [0, 0.1) is 0 Å². The first-order chi connectivity index (χ1) is 14.2. The van der Waals surface area contributed by atoms with Crippen LogP contribution in [-0.4, -0.2) is 24.9 Å². The summed E-state index contributed by atoms with van der Waals surface area (Å²) < 4.78 is 13.9. The summed E-state index contributed by atoms with van der Waals surface area (Å²) in [5.74, 6) is 3.25. The number of rotatable bonds is 7. The minimum Gasteiger partial charge on any atom is -0.446 e. The summed E-state index contributed by atoms with van der Waals surface area (Å²) in [6.07, 6.45) is 2.29. The van der Waals surface area contributed by atoms with Crippen LogP contribution in [0.2, 0.25) is 0 Å². The summed E-state index contributed by atoms with van der Waals surface area (Å²) in [6.45, 7) is 2.67. The molecule has 0 saturated heterocycles. The molecule has 7 nitrogen and oxygen atoms in total. The predicted molar refractivity (Wildman–Crippen MR) is 112 cm³/mol. The topological polar surface area (TPSA) is 82.8 Å². The van der Waals surface area contributed by atoms with E-state index in [9.17, 15) is 0 Å². The van der Waals surface area contributed by atoms with Crippen molar-refractivity contribution in [3.8, 4) is 11.6 Å². The zero-order valence-corrected chi connectivity index (χ0v) is 18.1. The Morgan fingerprint density at radius 3 is 2.72 bits per heavy atom. The van der Waals surface area contributed by atoms with Crippen molar-refractivity contribution in [3.05, 3.63) is 64.4 Å². The monoisotopic (exact) mass is 471 g/mol. The van der Waals surface area contributed by atoms with Gasteiger partial charge < -0.3 is 8.94 Å². The van der Waals surface area contributed by atoms with Crippen molar-refractivity contribution in [2.75, 3.05) is 0 Å². The SMILES string of the molecule is CC(Sc1nnc(-c2ccc(Br)o2)n1Cc1ccccc1)c1nc(C2CC2)no1. The van der Waals surface area contributed by atoms with E-state index in [2.05, 4.69) is 53.0 Å². The van der Waals surface area contributed by atoms with Gasteiger partial charge in [0.25, 0.3) is 0 Å². The largest absolute Gasteiger partial charge is 0.446 e. The normalized spacial score (nSPS) is 15.0. The second-order valence-corrected chi connectivity index (χ2v) is 9.10. The second-order valence-electron chi connectivity index (χ2n) is 7.01. The zero-order valence-electron chi connectivity index (χ0n) is 15.7. The maximum absolute atomic E-state index is 5.73. The van der Waals surface area contributed by atoms with Gasteiger partial charge in [0, 0.05) is 5.92 Å². The number of halogens is 1. The van der Waals surface area contributed by atoms with Crippen LogP contribution >= 0.6 is 27.7 Å². The minimum atomic E-state index is -0.0371. The van der Waals surface area contributed by atoms with Crippen LogP contribution in [0.25, 0.3) is 11.6 Å². The molecule has 0 aliphatic heterocycles. The van der Waals surface area contributed by atoms with Gasteiger partial charge in [0.05, 0.1) is 11.8 Å². The maximum Gasteiger partial charge on any atom is 0.239 e. The molecular formula is C20H18BrN5O2S. The molecule has 29 heavy (non-hydrogen) atoms. The number of benzene rings is 1. The molecule has 0 N–H and O–H groups in total. The molecule has 1 unspecified atom stereocenters. The number of furan rings is 1. The Balaban J connectivity index is 1.45. The van der Waals surface area contributed by atoms with Crippen LogP contribution in [0.15, 0.2) is 61.2 Å². The number of thioether (sulfide) groups is 1. The number of nitrogens with zero attached hydrogens (tertiary/aromatic N) is 5. The fourth-order valence-electron chi connectivity index (χ4n) is 3.03. The minimum absolute atomic E-state index is 0.0371. The Labute approximate surface area is 180 Å². The van der Waals surface area contributed by atoms with Crippen molar-refractivity contribution in [2.24, 2.45) is 0 Å². The highest BCUT2D eigenvalue weighted by molar-refractivity contribution is 9.10. The molecule has 0 radical (unpaired) electrons. The van der Waals surface area contributed by atoms with Gasteiger partial charge in [-0.25, -0.2) is 0 Å². The molecule has 5 rings (SSSR count). The van der Waals surface area contributed by atoms with Gasteiger partial charge in [-0.1, -0.05) is 47.3 Å². The van der Waals surface area contributed by atoms with Gasteiger partial charge in [0.2, 0.25) is 11.7 Å². The van der Waals surface area contributed by atoms with E-state index in [-0.39, 0.29) is 5.25 Å². The van der Waals surface area contributed by atoms with Crippen LogP contribution in [0.4, 0.5) is 0 Å². The van der Waals surface area contributed by atoms with Crippen LogP contribution in [0.1, 0.15) is 48.2 Å². The summed E-state index contributed by atoms with van der Waals surface area (Å²) >= 11 is 4.91. The van der Waals surface area contributed by atoms with Crippen LogP contribution < -0.4 is 0 Å². The van der Waals surface area contributed by atoms with E-state index in [1.807, 2.05) is 37.3 Å². The van der Waals surface area contributed by atoms with E-state index < -0.39 is 0 Å². The lowest BCUT2D eigenvalue weighted by Gasteiger charge is -2.11. The van der Waals surface area contributed by atoms with Crippen LogP contribution in [0.3, 0.4) is 0 Å². The average molecular weight is 472 g/mol. The molecule has 1 fully saturated rings. The Morgan fingerprint density at radius 1 is 1.17 bits per heavy atom. The summed E-state index contributed by atoms with van der Waals surface area (Å²) in [6, 6.07) is 14.0. The highest BCUT2D eigenvalue weighted by atomic mass is 79.9. The molecule has 1 aliphatic rings. The van der Waals surface area contributed by atoms with E-state index in [0.29, 0.717) is 34.6 Å². The first-order valence-electron chi connectivity index (χ1n) is 9.40. The van der Waals surface area contributed by atoms with E-state index in [1.165, 1.54) is 0 Å². The van der Waals surface area contributed by atoms with Gasteiger partial charge in [0.15, 0.2) is 21.4 Å². The summed E-state index contributed by atoms with van der Waals surface area (Å²) in [5.41, 5.74) is 1.16. The molecular weight excluding hydrogens is 454 g/mol. The van der Waals surface area contributed by atoms with Gasteiger partial charge in [0.1, 0.15) is 0 Å². The Morgan fingerprint density at radius 2 is 2.00 bits per heavy atom. The molecule has 1 atom stereocenters. The summed E-state index contributed by atoms with van der Waals surface area (Å²) in [4.78, 5) is 4.57. The Kier molecular flexibility index (Phi) is 5.01. The molecule has 3 heterocycles. The van der Waals surface area contributed by atoms with Crippen molar-refractivity contribution in [2.45, 2.75) is 42.6 Å². The zero-order chi connectivity index (χ0) is 19.8. The van der Waals surface area contributed by atoms with Crippen molar-refractivity contribution in [3.63, 3.8) is 0 Å². The lowest BCUT2D eigenvalue weighted by molar-refractivity contribution is 0.374. The molecule has 9 heteroatoms. The molecule has 0 spiro atoms. The van der Waals surface area contributed by atoms with E-state index >= 15 is 0 Å². The molecule has 3 aromatic heterocycles. The Bertz CT molecular complexity index is 1120. The first-order valence-corrected chi connectivity index (χ1v) is 11.1. The van der Waals surface area contributed by atoms with Gasteiger partial charge >= 0.3 is 0 Å². The molecule has 0 bridgehead atoms. The first kappa shape index (κ1) is 18.6. The quantitative estimate of drug-likeness (QED) is 0.330. The third-order valence-electron chi connectivity index (χ3n) is 4.72. The molecule has 4 aromatic rings. The van der Waals surface area contributed by atoms with Crippen LogP contribution in [0.5, 0.6) is 0 Å². The molecule has 1 aromatic carbocycles. The fourth-order valence-corrected chi connectivity index (χ4v) is 4.21. The summed E-state index contributed by atoms with van der Waals surface area (Å²) in [5, 5.41) is 13.7. The lowest BCUT2D eigenvalue weighted by atomic mass is 10.2. The van der Waals surface area contributed by atoms with Crippen LogP contribution in [-0.2, 0) is 6.54 Å². The van der Waals surface area contributed by atoms with Crippen molar-refractivity contribution < 1.29 is 8.94 Å². The lowest BCUT2D eigenvalue weighted by Crippen LogP contribution is -2.04. The van der Waals surface area contributed by atoms with Gasteiger partial charge in [-0.3, -0.25) is 4.57 Å². The Hall–Kier alpha value is -2.39. The number of hydrogen-bond donors (Lipinski definition) is 0. The maximum atomic E-state index is 5.73. The number of aromatic nitrogens is 5. The van der Waals surface area contributed by atoms with Crippen molar-refractivity contribution in [1.82, 2.24) is 24.9 Å². The van der Waals surface area contributed by atoms with E-state index in [1.54, 1.807) is 11.8 Å². The summed E-state index contributed by atoms with van der Waals surface area (Å²) in [7, 11) is 0. The van der Waals surface area contributed by atoms with Crippen molar-refractivity contribution >= 4 is 27.7 Å². The molecule has 148 valence electrons. The molecule has 0 amide bonds. The standard InChI is InChI=1S/C20H18BrN5O2S/c1-12(19-22-17(25-28-19)14-7-8-14)29-20-24-23-18(15-9-10-16(21)27-15)26(20)11-13-5-3-2-4-6-13/h2-6,9-10,12,14H,7-8,11H2,1H3. The van der Waals surface area contributed by atoms with E-state index in [0.717, 1.165) is 29.4 Å². The molecule has 1 aliphatic carbocycles. The third-order valence-corrected chi connectivity index (χ3v) is 6.22. The smallest absolute Gasteiger partial charge is 0.239 e. The highest BCUT2D eigenvalue weighted by Gasteiger charge is 2.30. The molecule has 1 saturated carbocycles. The van der Waals surface area contributed by atoms with Gasteiger partial charge in [-0.15, -0.1) is 10.2 Å². The highest BCUT2D eigenvalue weighted by Crippen LogP contribution is 2.40. The van der Waals surface area contributed by atoms with Crippen molar-refractivity contribution in [1.29, 1.82) is 0 Å².